The Kier molecular flexibility index (Phi) is 3.64. The molecule has 1 heterocycles. The summed E-state index contributed by atoms with van der Waals surface area (Å²) in [6, 6.07) is -0.585. The molecule has 0 saturated carbocycles. The first-order valence-electron chi connectivity index (χ1n) is 5.16. The second kappa shape index (κ2) is 4.61. The maximum Gasteiger partial charge on any atom is 0.244 e. The molecule has 3 N–H and O–H groups in total. The lowest BCUT2D eigenvalue weighted by atomic mass is 10.1. The lowest BCUT2D eigenvalue weighted by Gasteiger charge is -2.21. The molecule has 90 valence electrons. The van der Waals surface area contributed by atoms with Crippen LogP contribution in [0.3, 0.4) is 0 Å². The van der Waals surface area contributed by atoms with Crippen LogP contribution in [0.25, 0.3) is 0 Å². The average Bonchev–Trinajstić information content (AvgIpc) is 2.38. The van der Waals surface area contributed by atoms with Crippen LogP contribution >= 0.6 is 0 Å². The summed E-state index contributed by atoms with van der Waals surface area (Å²) in [5.41, 5.74) is -0.299. The Morgan fingerprint density at radius 3 is 2.50 bits per heavy atom. The van der Waals surface area contributed by atoms with Crippen LogP contribution in [-0.4, -0.2) is 35.8 Å². The number of carbonyl (C=O) groups excluding carboxylic acids is 3. The van der Waals surface area contributed by atoms with Gasteiger partial charge in [-0.15, -0.1) is 0 Å². The Morgan fingerprint density at radius 2 is 2.06 bits per heavy atom. The van der Waals surface area contributed by atoms with Crippen molar-refractivity contribution < 1.29 is 14.4 Å². The fourth-order valence-corrected chi connectivity index (χ4v) is 1.40. The van der Waals surface area contributed by atoms with Gasteiger partial charge in [0, 0.05) is 5.54 Å². The fourth-order valence-electron chi connectivity index (χ4n) is 1.40. The minimum Gasteiger partial charge on any atom is -0.350 e. The third-order valence-electron chi connectivity index (χ3n) is 1.99. The Morgan fingerprint density at radius 1 is 1.44 bits per heavy atom. The Hall–Kier alpha value is -1.43. The van der Waals surface area contributed by atoms with Crippen LogP contribution in [0.15, 0.2) is 0 Å². The summed E-state index contributed by atoms with van der Waals surface area (Å²) >= 11 is 0. The molecule has 1 fully saturated rings. The van der Waals surface area contributed by atoms with E-state index in [1.165, 1.54) is 0 Å². The average molecular weight is 227 g/mol. The maximum atomic E-state index is 11.4. The molecule has 0 aromatic heterocycles. The van der Waals surface area contributed by atoms with Crippen molar-refractivity contribution in [1.29, 1.82) is 0 Å². The first-order valence-corrected chi connectivity index (χ1v) is 5.16. The van der Waals surface area contributed by atoms with Gasteiger partial charge in [0.05, 0.1) is 19.0 Å². The highest BCUT2D eigenvalue weighted by Gasteiger charge is 2.30. The standard InChI is InChI=1S/C10H17N3O3/c1-10(2,3)13-8(15)5-11-6-4-7(14)12-9(6)16/h6,11H,4-5H2,1-3H3,(H,13,15)(H,12,14,16). The highest BCUT2D eigenvalue weighted by atomic mass is 16.2. The number of rotatable bonds is 3. The van der Waals surface area contributed by atoms with Crippen LogP contribution < -0.4 is 16.0 Å². The molecule has 1 unspecified atom stereocenters. The zero-order chi connectivity index (χ0) is 12.3. The normalized spacial score (nSPS) is 20.8. The molecule has 3 amide bonds. The van der Waals surface area contributed by atoms with Crippen molar-refractivity contribution in [3.63, 3.8) is 0 Å². The number of hydrogen-bond donors (Lipinski definition) is 3. The molecule has 1 atom stereocenters. The van der Waals surface area contributed by atoms with Gasteiger partial charge in [-0.25, -0.2) is 0 Å². The van der Waals surface area contributed by atoms with E-state index < -0.39 is 6.04 Å². The minimum absolute atomic E-state index is 0.0304. The molecule has 1 aliphatic rings. The molecule has 0 aliphatic carbocycles. The monoisotopic (exact) mass is 227 g/mol. The minimum atomic E-state index is -0.585. The molecule has 0 spiro atoms. The van der Waals surface area contributed by atoms with E-state index in [0.717, 1.165) is 0 Å². The van der Waals surface area contributed by atoms with Crippen molar-refractivity contribution in [2.75, 3.05) is 6.54 Å². The molecule has 16 heavy (non-hydrogen) atoms. The maximum absolute atomic E-state index is 11.4. The Labute approximate surface area is 94.2 Å². The van der Waals surface area contributed by atoms with Gasteiger partial charge in [-0.05, 0) is 20.8 Å². The number of carbonyl (C=O) groups is 3. The third kappa shape index (κ3) is 3.98. The summed E-state index contributed by atoms with van der Waals surface area (Å²) in [6.07, 6.45) is 0.0988. The van der Waals surface area contributed by atoms with Crippen molar-refractivity contribution in [3.05, 3.63) is 0 Å². The zero-order valence-corrected chi connectivity index (χ0v) is 9.72. The van der Waals surface area contributed by atoms with Gasteiger partial charge in [-0.3, -0.25) is 25.0 Å². The molecular formula is C10H17N3O3. The van der Waals surface area contributed by atoms with E-state index in [1.807, 2.05) is 20.8 Å². The van der Waals surface area contributed by atoms with Gasteiger partial charge in [0.15, 0.2) is 0 Å². The molecule has 0 bridgehead atoms. The molecule has 1 saturated heterocycles. The lowest BCUT2D eigenvalue weighted by Crippen LogP contribution is -2.47. The van der Waals surface area contributed by atoms with E-state index in [4.69, 9.17) is 0 Å². The lowest BCUT2D eigenvalue weighted by molar-refractivity contribution is -0.125. The van der Waals surface area contributed by atoms with E-state index in [0.29, 0.717) is 0 Å². The second-order valence-corrected chi connectivity index (χ2v) is 4.85. The third-order valence-corrected chi connectivity index (χ3v) is 1.99. The van der Waals surface area contributed by atoms with Gasteiger partial charge in [0.25, 0.3) is 0 Å². The van der Waals surface area contributed by atoms with Crippen LogP contribution in [0, 0.1) is 0 Å². The van der Waals surface area contributed by atoms with Crippen molar-refractivity contribution in [2.24, 2.45) is 0 Å². The molecule has 6 nitrogen and oxygen atoms in total. The molecule has 1 rings (SSSR count). The van der Waals surface area contributed by atoms with Gasteiger partial charge in [0.1, 0.15) is 0 Å². The number of hydrogen-bond acceptors (Lipinski definition) is 4. The number of nitrogens with one attached hydrogen (secondary N) is 3. The Bertz CT molecular complexity index is 320. The van der Waals surface area contributed by atoms with Gasteiger partial charge in [-0.2, -0.15) is 0 Å². The molecular weight excluding hydrogens is 210 g/mol. The summed E-state index contributed by atoms with van der Waals surface area (Å²) in [6.45, 7) is 5.65. The number of imide groups is 1. The largest absolute Gasteiger partial charge is 0.350 e. The molecule has 6 heteroatoms. The van der Waals surface area contributed by atoms with E-state index in [-0.39, 0.29) is 36.2 Å². The van der Waals surface area contributed by atoms with Gasteiger partial charge < -0.3 is 5.32 Å². The molecule has 0 aromatic carbocycles. The van der Waals surface area contributed by atoms with Crippen LogP contribution in [0.2, 0.25) is 0 Å². The Balaban J connectivity index is 2.32. The SMILES string of the molecule is CC(C)(C)NC(=O)CNC1CC(=O)NC1=O. The van der Waals surface area contributed by atoms with Crippen molar-refractivity contribution >= 4 is 17.7 Å². The summed E-state index contributed by atoms with van der Waals surface area (Å²) in [5.74, 6) is -0.869. The quantitative estimate of drug-likeness (QED) is 0.534. The van der Waals surface area contributed by atoms with Crippen molar-refractivity contribution in [1.82, 2.24) is 16.0 Å². The van der Waals surface area contributed by atoms with E-state index in [9.17, 15) is 14.4 Å². The highest BCUT2D eigenvalue weighted by molar-refractivity contribution is 6.05. The van der Waals surface area contributed by atoms with Crippen LogP contribution in [0.5, 0.6) is 0 Å². The van der Waals surface area contributed by atoms with Crippen LogP contribution in [0.4, 0.5) is 0 Å². The summed E-state index contributed by atoms with van der Waals surface area (Å²) in [4.78, 5) is 33.4. The van der Waals surface area contributed by atoms with Crippen LogP contribution in [0.1, 0.15) is 27.2 Å². The van der Waals surface area contributed by atoms with Gasteiger partial charge in [-0.1, -0.05) is 0 Å². The number of amides is 3. The van der Waals surface area contributed by atoms with E-state index in [1.54, 1.807) is 0 Å². The first kappa shape index (κ1) is 12.6. The van der Waals surface area contributed by atoms with Crippen molar-refractivity contribution in [2.45, 2.75) is 38.8 Å². The van der Waals surface area contributed by atoms with E-state index >= 15 is 0 Å². The molecule has 0 radical (unpaired) electrons. The van der Waals surface area contributed by atoms with Gasteiger partial charge >= 0.3 is 0 Å². The molecule has 0 aromatic rings. The predicted octanol–water partition coefficient (Wildman–Crippen LogP) is -1.09. The predicted molar refractivity (Wildman–Crippen MR) is 57.5 cm³/mol. The summed E-state index contributed by atoms with van der Waals surface area (Å²) in [7, 11) is 0. The topological polar surface area (TPSA) is 87.3 Å². The summed E-state index contributed by atoms with van der Waals surface area (Å²) < 4.78 is 0. The second-order valence-electron chi connectivity index (χ2n) is 4.85. The summed E-state index contributed by atoms with van der Waals surface area (Å²) in [5, 5.41) is 7.66. The van der Waals surface area contributed by atoms with Gasteiger partial charge in [0.2, 0.25) is 17.7 Å². The fraction of sp³-hybridized carbons (Fsp3) is 0.700. The smallest absolute Gasteiger partial charge is 0.244 e. The van der Waals surface area contributed by atoms with E-state index in [2.05, 4.69) is 16.0 Å². The zero-order valence-electron chi connectivity index (χ0n) is 9.72. The van der Waals surface area contributed by atoms with Crippen LogP contribution in [-0.2, 0) is 14.4 Å². The molecule has 1 aliphatic heterocycles. The first-order chi connectivity index (χ1) is 7.28. The van der Waals surface area contributed by atoms with Crippen molar-refractivity contribution in [3.8, 4) is 0 Å². The highest BCUT2D eigenvalue weighted by Crippen LogP contribution is 2.01.